The van der Waals surface area contributed by atoms with Gasteiger partial charge < -0.3 is 25.0 Å². The second-order valence-electron chi connectivity index (χ2n) is 8.91. The van der Waals surface area contributed by atoms with E-state index in [1.54, 1.807) is 12.1 Å². The fourth-order valence-corrected chi connectivity index (χ4v) is 3.87. The lowest BCUT2D eigenvalue weighted by molar-refractivity contribution is -0.147. The molecule has 9 nitrogen and oxygen atoms in total. The Morgan fingerprint density at radius 1 is 0.769 bits per heavy atom. The summed E-state index contributed by atoms with van der Waals surface area (Å²) < 4.78 is 11.1. The van der Waals surface area contributed by atoms with Crippen LogP contribution in [0.15, 0.2) is 91.0 Å². The van der Waals surface area contributed by atoms with Crippen molar-refractivity contribution in [2.24, 2.45) is 0 Å². The van der Waals surface area contributed by atoms with Crippen molar-refractivity contribution in [2.45, 2.75) is 37.5 Å². The first-order chi connectivity index (χ1) is 18.9. The van der Waals surface area contributed by atoms with Crippen molar-refractivity contribution >= 4 is 17.8 Å². The van der Waals surface area contributed by atoms with E-state index in [0.29, 0.717) is 18.6 Å². The van der Waals surface area contributed by atoms with Crippen LogP contribution in [-0.4, -0.2) is 66.0 Å². The number of carbonyl (C=O) groups excluding carboxylic acids is 2. The SMILES string of the molecule is O=C(NC[C@H](O)C(=O)O)[C@H](Cc1ccccc1)N[C@@H](CCc1ccccc1)C(=O)OCCOc1ccccc1. The van der Waals surface area contributed by atoms with Crippen LogP contribution in [0.5, 0.6) is 5.75 Å². The van der Waals surface area contributed by atoms with Crippen molar-refractivity contribution in [2.75, 3.05) is 19.8 Å². The number of para-hydroxylation sites is 1. The van der Waals surface area contributed by atoms with Gasteiger partial charge in [0, 0.05) is 0 Å². The largest absolute Gasteiger partial charge is 0.490 e. The highest BCUT2D eigenvalue weighted by molar-refractivity contribution is 5.84. The minimum absolute atomic E-state index is 0.0254. The highest BCUT2D eigenvalue weighted by Gasteiger charge is 2.28. The predicted molar refractivity (Wildman–Crippen MR) is 145 cm³/mol. The summed E-state index contributed by atoms with van der Waals surface area (Å²) in [5.41, 5.74) is 1.87. The Morgan fingerprint density at radius 3 is 1.97 bits per heavy atom. The topological polar surface area (TPSA) is 134 Å². The molecule has 0 spiro atoms. The van der Waals surface area contributed by atoms with Crippen molar-refractivity contribution in [1.29, 1.82) is 0 Å². The zero-order valence-corrected chi connectivity index (χ0v) is 21.6. The number of carboxylic acid groups (broad SMARTS) is 1. The van der Waals surface area contributed by atoms with Crippen molar-refractivity contribution < 1.29 is 34.1 Å². The van der Waals surface area contributed by atoms with Gasteiger partial charge in [0.15, 0.2) is 6.10 Å². The summed E-state index contributed by atoms with van der Waals surface area (Å²) in [4.78, 5) is 37.2. The van der Waals surface area contributed by atoms with E-state index in [4.69, 9.17) is 14.6 Å². The first-order valence-corrected chi connectivity index (χ1v) is 12.8. The molecule has 206 valence electrons. The van der Waals surface area contributed by atoms with Crippen LogP contribution in [0.2, 0.25) is 0 Å². The lowest BCUT2D eigenvalue weighted by Crippen LogP contribution is -2.53. The van der Waals surface area contributed by atoms with Gasteiger partial charge in [-0.25, -0.2) is 4.79 Å². The van der Waals surface area contributed by atoms with Gasteiger partial charge in [-0.3, -0.25) is 14.9 Å². The smallest absolute Gasteiger partial charge is 0.334 e. The molecule has 3 atom stereocenters. The van der Waals surface area contributed by atoms with Gasteiger partial charge in [-0.05, 0) is 42.5 Å². The van der Waals surface area contributed by atoms with E-state index in [1.165, 1.54) is 0 Å². The number of benzene rings is 3. The summed E-state index contributed by atoms with van der Waals surface area (Å²) in [6, 6.07) is 26.3. The van der Waals surface area contributed by atoms with Crippen LogP contribution in [0.1, 0.15) is 17.5 Å². The molecule has 9 heteroatoms. The lowest BCUT2D eigenvalue weighted by Gasteiger charge is -2.25. The van der Waals surface area contributed by atoms with Gasteiger partial charge in [0.25, 0.3) is 0 Å². The average Bonchev–Trinajstić information content (AvgIpc) is 2.96. The van der Waals surface area contributed by atoms with Gasteiger partial charge >= 0.3 is 11.9 Å². The Kier molecular flexibility index (Phi) is 12.0. The Labute approximate surface area is 227 Å². The van der Waals surface area contributed by atoms with Crippen LogP contribution in [0, 0.1) is 0 Å². The van der Waals surface area contributed by atoms with Gasteiger partial charge in [-0.2, -0.15) is 0 Å². The first kappa shape index (κ1) is 29.3. The summed E-state index contributed by atoms with van der Waals surface area (Å²) in [5.74, 6) is -1.84. The molecule has 0 radical (unpaired) electrons. The number of carboxylic acids is 1. The molecular formula is C30H34N2O7. The molecule has 3 aromatic carbocycles. The third kappa shape index (κ3) is 10.6. The van der Waals surface area contributed by atoms with Gasteiger partial charge in [0.1, 0.15) is 25.0 Å². The highest BCUT2D eigenvalue weighted by atomic mass is 16.6. The van der Waals surface area contributed by atoms with Gasteiger partial charge in [0.2, 0.25) is 5.91 Å². The summed E-state index contributed by atoms with van der Waals surface area (Å²) >= 11 is 0. The van der Waals surface area contributed by atoms with E-state index in [9.17, 15) is 19.5 Å². The maximum atomic E-state index is 13.2. The molecule has 0 aliphatic rings. The Morgan fingerprint density at radius 2 is 1.36 bits per heavy atom. The summed E-state index contributed by atoms with van der Waals surface area (Å²) in [5, 5.41) is 24.2. The van der Waals surface area contributed by atoms with Gasteiger partial charge in [-0.15, -0.1) is 0 Å². The molecule has 0 aliphatic carbocycles. The number of esters is 1. The number of hydrogen-bond donors (Lipinski definition) is 4. The van der Waals surface area contributed by atoms with Gasteiger partial charge in [0.05, 0.1) is 12.6 Å². The van der Waals surface area contributed by atoms with E-state index >= 15 is 0 Å². The maximum absolute atomic E-state index is 13.2. The molecular weight excluding hydrogens is 500 g/mol. The molecule has 0 aliphatic heterocycles. The fraction of sp³-hybridized carbons (Fsp3) is 0.300. The number of aryl methyl sites for hydroxylation is 1. The van der Waals surface area contributed by atoms with E-state index < -0.39 is 42.6 Å². The molecule has 0 heterocycles. The summed E-state index contributed by atoms with van der Waals surface area (Å²) in [6.07, 6.45) is -0.582. The molecule has 4 N–H and O–H groups in total. The second-order valence-corrected chi connectivity index (χ2v) is 8.91. The van der Waals surface area contributed by atoms with Crippen LogP contribution in [0.3, 0.4) is 0 Å². The predicted octanol–water partition coefficient (Wildman–Crippen LogP) is 2.37. The van der Waals surface area contributed by atoms with Crippen LogP contribution in [0.4, 0.5) is 0 Å². The minimum Gasteiger partial charge on any atom is -0.490 e. The number of hydrogen-bond acceptors (Lipinski definition) is 7. The van der Waals surface area contributed by atoms with Crippen molar-refractivity contribution in [3.8, 4) is 5.75 Å². The zero-order valence-electron chi connectivity index (χ0n) is 21.6. The summed E-state index contributed by atoms with van der Waals surface area (Å²) in [6.45, 7) is -0.267. The van der Waals surface area contributed by atoms with Crippen molar-refractivity contribution in [1.82, 2.24) is 10.6 Å². The molecule has 0 aromatic heterocycles. The first-order valence-electron chi connectivity index (χ1n) is 12.8. The monoisotopic (exact) mass is 534 g/mol. The van der Waals surface area contributed by atoms with Crippen LogP contribution >= 0.6 is 0 Å². The van der Waals surface area contributed by atoms with Crippen molar-refractivity contribution in [3.63, 3.8) is 0 Å². The number of aliphatic carboxylic acids is 1. The van der Waals surface area contributed by atoms with Crippen LogP contribution in [-0.2, 0) is 32.0 Å². The Hall–Kier alpha value is -4.21. The fourth-order valence-electron chi connectivity index (χ4n) is 3.87. The molecule has 39 heavy (non-hydrogen) atoms. The number of aliphatic hydroxyl groups excluding tert-OH is 1. The lowest BCUT2D eigenvalue weighted by atomic mass is 10.0. The highest BCUT2D eigenvalue weighted by Crippen LogP contribution is 2.11. The second kappa shape index (κ2) is 15.9. The molecule has 0 saturated heterocycles. The van der Waals surface area contributed by atoms with Crippen LogP contribution in [0.25, 0.3) is 0 Å². The number of aliphatic hydroxyl groups is 1. The van der Waals surface area contributed by atoms with Gasteiger partial charge in [-0.1, -0.05) is 78.9 Å². The molecule has 1 amide bonds. The Balaban J connectivity index is 1.69. The number of carbonyl (C=O) groups is 3. The number of nitrogens with one attached hydrogen (secondary N) is 2. The molecule has 0 unspecified atom stereocenters. The number of amides is 1. The number of ether oxygens (including phenoxy) is 2. The maximum Gasteiger partial charge on any atom is 0.334 e. The van der Waals surface area contributed by atoms with E-state index in [2.05, 4.69) is 10.6 Å². The molecule has 0 saturated carbocycles. The molecule has 0 bridgehead atoms. The minimum atomic E-state index is -1.74. The third-order valence-electron chi connectivity index (χ3n) is 5.94. The Bertz CT molecular complexity index is 1160. The number of rotatable bonds is 16. The molecule has 3 rings (SSSR count). The van der Waals surface area contributed by atoms with E-state index in [-0.39, 0.29) is 19.6 Å². The third-order valence-corrected chi connectivity index (χ3v) is 5.94. The zero-order chi connectivity index (χ0) is 27.9. The molecule has 0 fully saturated rings. The van der Waals surface area contributed by atoms with Crippen molar-refractivity contribution in [3.05, 3.63) is 102 Å². The normalized spacial score (nSPS) is 13.1. The van der Waals surface area contributed by atoms with E-state index in [1.807, 2.05) is 78.9 Å². The van der Waals surface area contributed by atoms with E-state index in [0.717, 1.165) is 11.1 Å². The van der Waals surface area contributed by atoms with Crippen LogP contribution < -0.4 is 15.4 Å². The quantitative estimate of drug-likeness (QED) is 0.163. The summed E-state index contributed by atoms with van der Waals surface area (Å²) in [7, 11) is 0. The molecule has 3 aromatic rings. The standard InChI is InChI=1S/C30H34N2O7/c33-27(29(35)36)21-31-28(34)26(20-23-12-6-2-7-13-23)32-25(17-16-22-10-4-1-5-11-22)30(37)39-19-18-38-24-14-8-3-9-15-24/h1-15,25-27,32-33H,16-21H2,(H,31,34)(H,35,36)/t25-,26-,27-/m0/s1. The average molecular weight is 535 g/mol.